The summed E-state index contributed by atoms with van der Waals surface area (Å²) < 4.78 is 27.9. The van der Waals surface area contributed by atoms with Crippen LogP contribution in [0, 0.1) is 10.5 Å². The molecule has 2 N–H and O–H groups in total. The number of benzene rings is 2. The zero-order valence-corrected chi connectivity index (χ0v) is 14.0. The molecule has 0 atom stereocenters. The van der Waals surface area contributed by atoms with E-state index in [1.54, 1.807) is 12.1 Å². The van der Waals surface area contributed by atoms with Gasteiger partial charge < -0.3 is 5.11 Å². The van der Waals surface area contributed by atoms with E-state index in [4.69, 9.17) is 5.11 Å². The van der Waals surface area contributed by atoms with Crippen molar-refractivity contribution in [3.8, 4) is 0 Å². The Morgan fingerprint density at radius 2 is 1.90 bits per heavy atom. The Morgan fingerprint density at radius 1 is 1.19 bits per heavy atom. The van der Waals surface area contributed by atoms with Gasteiger partial charge in [0.05, 0.1) is 10.5 Å². The summed E-state index contributed by atoms with van der Waals surface area (Å²) in [4.78, 5) is 11.0. The van der Waals surface area contributed by atoms with Crippen molar-refractivity contribution in [3.63, 3.8) is 0 Å². The summed E-state index contributed by atoms with van der Waals surface area (Å²) in [5.74, 6) is -1.11. The van der Waals surface area contributed by atoms with Crippen LogP contribution < -0.4 is 4.72 Å². The molecule has 0 aliphatic rings. The number of rotatable bonds is 4. The predicted octanol–water partition coefficient (Wildman–Crippen LogP) is 3.10. The van der Waals surface area contributed by atoms with Crippen LogP contribution in [-0.2, 0) is 10.0 Å². The second-order valence-corrected chi connectivity index (χ2v) is 7.25. The molecule has 2 rings (SSSR count). The van der Waals surface area contributed by atoms with Crippen molar-refractivity contribution in [2.75, 3.05) is 4.72 Å². The lowest BCUT2D eigenvalue weighted by Crippen LogP contribution is -2.13. The highest BCUT2D eigenvalue weighted by Gasteiger charge is 2.15. The number of carboxylic acid groups (broad SMARTS) is 1. The largest absolute Gasteiger partial charge is 0.478 e. The Kier molecular flexibility index (Phi) is 4.52. The fourth-order valence-electron chi connectivity index (χ4n) is 1.71. The summed E-state index contributed by atoms with van der Waals surface area (Å²) in [5.41, 5.74) is 1.10. The third-order valence-corrected chi connectivity index (χ3v) is 5.39. The van der Waals surface area contributed by atoms with Crippen LogP contribution in [0.4, 0.5) is 5.69 Å². The van der Waals surface area contributed by atoms with Crippen molar-refractivity contribution in [2.24, 2.45) is 0 Å². The molecule has 0 spiro atoms. The highest BCUT2D eigenvalue weighted by molar-refractivity contribution is 14.1. The van der Waals surface area contributed by atoms with E-state index in [0.29, 0.717) is 0 Å². The number of hydrogen-bond donors (Lipinski definition) is 2. The Labute approximate surface area is 136 Å². The standard InChI is InChI=1S/C14H12INO4S/c1-9-7-12(5-6-13(9)15)21(19,20)16-11-4-2-3-10(8-11)14(17)18/h2-8,16H,1H3,(H,17,18). The SMILES string of the molecule is Cc1cc(S(=O)(=O)Nc2cccc(C(=O)O)c2)ccc1I. The van der Waals surface area contributed by atoms with Crippen molar-refractivity contribution in [2.45, 2.75) is 11.8 Å². The highest BCUT2D eigenvalue weighted by Crippen LogP contribution is 2.20. The average Bonchev–Trinajstić information content (AvgIpc) is 2.41. The summed E-state index contributed by atoms with van der Waals surface area (Å²) in [5, 5.41) is 8.91. The molecule has 7 heteroatoms. The first-order valence-electron chi connectivity index (χ1n) is 5.92. The second-order valence-electron chi connectivity index (χ2n) is 4.40. The van der Waals surface area contributed by atoms with E-state index in [2.05, 4.69) is 27.3 Å². The van der Waals surface area contributed by atoms with Gasteiger partial charge in [-0.3, -0.25) is 4.72 Å². The van der Waals surface area contributed by atoms with E-state index >= 15 is 0 Å². The number of hydrogen-bond acceptors (Lipinski definition) is 3. The summed E-state index contributed by atoms with van der Waals surface area (Å²) in [6, 6.07) is 10.5. The minimum Gasteiger partial charge on any atom is -0.478 e. The molecule has 110 valence electrons. The fraction of sp³-hybridized carbons (Fsp3) is 0.0714. The van der Waals surface area contributed by atoms with Crippen LogP contribution in [0.3, 0.4) is 0 Å². The Balaban J connectivity index is 2.35. The lowest BCUT2D eigenvalue weighted by Gasteiger charge is -2.10. The number of carboxylic acids is 1. The van der Waals surface area contributed by atoms with Crippen molar-refractivity contribution in [3.05, 3.63) is 57.2 Å². The van der Waals surface area contributed by atoms with Gasteiger partial charge in [0.15, 0.2) is 0 Å². The van der Waals surface area contributed by atoms with E-state index < -0.39 is 16.0 Å². The summed E-state index contributed by atoms with van der Waals surface area (Å²) in [7, 11) is -3.74. The van der Waals surface area contributed by atoms with E-state index in [9.17, 15) is 13.2 Å². The van der Waals surface area contributed by atoms with Gasteiger partial charge in [-0.05, 0) is 71.5 Å². The van der Waals surface area contributed by atoms with Crippen molar-refractivity contribution >= 4 is 44.3 Å². The molecule has 0 saturated heterocycles. The number of sulfonamides is 1. The van der Waals surface area contributed by atoms with Gasteiger partial charge in [0.2, 0.25) is 0 Å². The minimum absolute atomic E-state index is 0.0222. The van der Waals surface area contributed by atoms with Crippen LogP contribution in [0.1, 0.15) is 15.9 Å². The molecule has 2 aromatic carbocycles. The fourth-order valence-corrected chi connectivity index (χ4v) is 3.18. The molecule has 0 aliphatic carbocycles. The van der Waals surface area contributed by atoms with Crippen molar-refractivity contribution in [1.29, 1.82) is 0 Å². The molecule has 0 fully saturated rings. The van der Waals surface area contributed by atoms with Gasteiger partial charge in [-0.2, -0.15) is 0 Å². The Hall–Kier alpha value is -1.61. The first-order valence-corrected chi connectivity index (χ1v) is 8.48. The predicted molar refractivity (Wildman–Crippen MR) is 88.1 cm³/mol. The van der Waals surface area contributed by atoms with Crippen LogP contribution in [-0.4, -0.2) is 19.5 Å². The van der Waals surface area contributed by atoms with E-state index in [-0.39, 0.29) is 16.1 Å². The summed E-state index contributed by atoms with van der Waals surface area (Å²) in [6.07, 6.45) is 0. The van der Waals surface area contributed by atoms with Crippen molar-refractivity contribution in [1.82, 2.24) is 0 Å². The molecule has 0 saturated carbocycles. The van der Waals surface area contributed by atoms with Gasteiger partial charge in [-0.1, -0.05) is 6.07 Å². The van der Waals surface area contributed by atoms with Gasteiger partial charge in [-0.15, -0.1) is 0 Å². The molecular weight excluding hydrogens is 405 g/mol. The number of anilines is 1. The molecule has 0 unspecified atom stereocenters. The lowest BCUT2D eigenvalue weighted by molar-refractivity contribution is 0.0697. The van der Waals surface area contributed by atoms with Crippen LogP contribution >= 0.6 is 22.6 Å². The Morgan fingerprint density at radius 3 is 2.52 bits per heavy atom. The minimum atomic E-state index is -3.74. The molecule has 2 aromatic rings. The quantitative estimate of drug-likeness (QED) is 0.750. The smallest absolute Gasteiger partial charge is 0.335 e. The third kappa shape index (κ3) is 3.73. The van der Waals surface area contributed by atoms with Crippen LogP contribution in [0.15, 0.2) is 47.4 Å². The maximum absolute atomic E-state index is 12.3. The summed E-state index contributed by atoms with van der Waals surface area (Å²) >= 11 is 2.12. The molecule has 21 heavy (non-hydrogen) atoms. The number of aromatic carboxylic acids is 1. The third-order valence-electron chi connectivity index (χ3n) is 2.80. The number of halogens is 1. The topological polar surface area (TPSA) is 83.5 Å². The molecule has 0 aromatic heterocycles. The van der Waals surface area contributed by atoms with Gasteiger partial charge in [0, 0.05) is 9.26 Å². The molecule has 5 nitrogen and oxygen atoms in total. The van der Waals surface area contributed by atoms with E-state index in [1.165, 1.54) is 30.3 Å². The van der Waals surface area contributed by atoms with Gasteiger partial charge in [-0.25, -0.2) is 13.2 Å². The highest BCUT2D eigenvalue weighted by atomic mass is 127. The number of carbonyl (C=O) groups is 1. The lowest BCUT2D eigenvalue weighted by atomic mass is 10.2. The number of nitrogens with one attached hydrogen (secondary N) is 1. The van der Waals surface area contributed by atoms with Gasteiger partial charge >= 0.3 is 5.97 Å². The number of aryl methyl sites for hydroxylation is 1. The van der Waals surface area contributed by atoms with Crippen LogP contribution in [0.25, 0.3) is 0 Å². The normalized spacial score (nSPS) is 11.1. The van der Waals surface area contributed by atoms with E-state index in [1.807, 2.05) is 6.92 Å². The molecular formula is C14H12INO4S. The monoisotopic (exact) mass is 417 g/mol. The maximum atomic E-state index is 12.3. The zero-order valence-electron chi connectivity index (χ0n) is 11.0. The molecule has 0 amide bonds. The van der Waals surface area contributed by atoms with Crippen molar-refractivity contribution < 1.29 is 18.3 Å². The van der Waals surface area contributed by atoms with E-state index in [0.717, 1.165) is 9.13 Å². The van der Waals surface area contributed by atoms with Gasteiger partial charge in [0.25, 0.3) is 10.0 Å². The van der Waals surface area contributed by atoms with Crippen LogP contribution in [0.2, 0.25) is 0 Å². The first kappa shape index (κ1) is 15.8. The zero-order chi connectivity index (χ0) is 15.6. The maximum Gasteiger partial charge on any atom is 0.335 e. The molecule has 0 aliphatic heterocycles. The van der Waals surface area contributed by atoms with Gasteiger partial charge in [0.1, 0.15) is 0 Å². The molecule has 0 radical (unpaired) electrons. The molecule has 0 heterocycles. The Bertz CT molecular complexity index is 802. The first-order chi connectivity index (χ1) is 9.79. The summed E-state index contributed by atoms with van der Waals surface area (Å²) in [6.45, 7) is 1.83. The van der Waals surface area contributed by atoms with Crippen LogP contribution in [0.5, 0.6) is 0 Å². The molecule has 0 bridgehead atoms. The second kappa shape index (κ2) is 6.02. The average molecular weight is 417 g/mol.